The number of hydrogen-bond acceptors (Lipinski definition) is 4. The van der Waals surface area contributed by atoms with Crippen LogP contribution in [-0.4, -0.2) is 17.8 Å². The maximum absolute atomic E-state index is 12.8. The average Bonchev–Trinajstić information content (AvgIpc) is 2.78. The number of hydrogen-bond donors (Lipinski definition) is 2. The Kier molecular flexibility index (Phi) is 7.23. The third-order valence-corrected chi connectivity index (χ3v) is 4.17. The fourth-order valence-corrected chi connectivity index (χ4v) is 2.60. The van der Waals surface area contributed by atoms with Gasteiger partial charge in [0.2, 0.25) is 6.04 Å². The molecule has 0 heterocycles. The molecule has 1 amide bonds. The first-order chi connectivity index (χ1) is 14.2. The number of azo groups is 1. The Labute approximate surface area is 170 Å². The van der Waals surface area contributed by atoms with Crippen molar-refractivity contribution >= 4 is 17.4 Å². The Morgan fingerprint density at radius 1 is 0.828 bits per heavy atom. The molecule has 1 unspecified atom stereocenters. The van der Waals surface area contributed by atoms with Gasteiger partial charge in [-0.3, -0.25) is 9.79 Å². The summed E-state index contributed by atoms with van der Waals surface area (Å²) >= 11 is 0. The lowest BCUT2D eigenvalue weighted by Crippen LogP contribution is -2.42. The van der Waals surface area contributed by atoms with Gasteiger partial charge in [-0.2, -0.15) is 10.2 Å². The van der Waals surface area contributed by atoms with Crippen LogP contribution < -0.4 is 11.1 Å². The molecule has 1 atom stereocenters. The van der Waals surface area contributed by atoms with Crippen LogP contribution in [0, 0.1) is 0 Å². The van der Waals surface area contributed by atoms with Gasteiger partial charge in [-0.25, -0.2) is 0 Å². The van der Waals surface area contributed by atoms with Crippen LogP contribution in [0.5, 0.6) is 0 Å². The smallest absolute Gasteiger partial charge is 0.254 e. The number of benzene rings is 3. The van der Waals surface area contributed by atoms with Crippen LogP contribution in [0.2, 0.25) is 0 Å². The minimum absolute atomic E-state index is 0.124. The zero-order valence-corrected chi connectivity index (χ0v) is 16.0. The van der Waals surface area contributed by atoms with E-state index in [1.165, 1.54) is 0 Å². The highest BCUT2D eigenvalue weighted by Crippen LogP contribution is 2.12. The summed E-state index contributed by atoms with van der Waals surface area (Å²) in [6, 6.07) is 27.5. The maximum Gasteiger partial charge on any atom is 0.254 e. The molecule has 0 saturated carbocycles. The van der Waals surface area contributed by atoms with Crippen molar-refractivity contribution in [2.24, 2.45) is 21.0 Å². The van der Waals surface area contributed by atoms with Crippen LogP contribution >= 0.6 is 0 Å². The maximum atomic E-state index is 12.8. The van der Waals surface area contributed by atoms with Gasteiger partial charge >= 0.3 is 0 Å². The fourth-order valence-electron chi connectivity index (χ4n) is 2.60. The van der Waals surface area contributed by atoms with Crippen molar-refractivity contribution in [1.29, 1.82) is 0 Å². The SMILES string of the molecule is N/C(=N\Cc1ccccc1)C(/N=N/c1ccccc1)C(=O)NCc1ccccc1. The molecule has 3 aromatic rings. The summed E-state index contributed by atoms with van der Waals surface area (Å²) in [6.07, 6.45) is 0. The average molecular weight is 385 g/mol. The highest BCUT2D eigenvalue weighted by Gasteiger charge is 2.22. The van der Waals surface area contributed by atoms with Crippen molar-refractivity contribution in [3.63, 3.8) is 0 Å². The molecular formula is C23H23N5O. The second-order valence-corrected chi connectivity index (χ2v) is 6.38. The molecule has 0 aliphatic carbocycles. The highest BCUT2D eigenvalue weighted by molar-refractivity contribution is 6.06. The second-order valence-electron chi connectivity index (χ2n) is 6.38. The summed E-state index contributed by atoms with van der Waals surface area (Å²) in [6.45, 7) is 0.749. The van der Waals surface area contributed by atoms with E-state index in [0.717, 1.165) is 11.1 Å². The topological polar surface area (TPSA) is 92.2 Å². The highest BCUT2D eigenvalue weighted by atomic mass is 16.2. The minimum Gasteiger partial charge on any atom is -0.385 e. The number of nitrogens with zero attached hydrogens (tertiary/aromatic N) is 3. The number of amides is 1. The number of amidine groups is 1. The van der Waals surface area contributed by atoms with Gasteiger partial charge in [-0.05, 0) is 23.3 Å². The van der Waals surface area contributed by atoms with Gasteiger partial charge in [-0.1, -0.05) is 78.9 Å². The number of carbonyl (C=O) groups excluding carboxylic acids is 1. The molecule has 0 bridgehead atoms. The molecule has 3 aromatic carbocycles. The molecule has 0 fully saturated rings. The Balaban J connectivity index is 1.74. The van der Waals surface area contributed by atoms with Crippen molar-refractivity contribution < 1.29 is 4.79 Å². The number of nitrogens with two attached hydrogens (primary N) is 1. The molecule has 6 nitrogen and oxygen atoms in total. The minimum atomic E-state index is -0.998. The predicted molar refractivity (Wildman–Crippen MR) is 115 cm³/mol. The van der Waals surface area contributed by atoms with E-state index in [1.807, 2.05) is 78.9 Å². The Hall–Kier alpha value is -3.80. The number of nitrogens with one attached hydrogen (secondary N) is 1. The van der Waals surface area contributed by atoms with Gasteiger partial charge < -0.3 is 11.1 Å². The van der Waals surface area contributed by atoms with Crippen molar-refractivity contribution in [1.82, 2.24) is 5.32 Å². The van der Waals surface area contributed by atoms with E-state index in [-0.39, 0.29) is 11.7 Å². The second kappa shape index (κ2) is 10.5. The molecule has 0 saturated heterocycles. The molecule has 0 spiro atoms. The number of aliphatic imine (C=N–C) groups is 1. The van der Waals surface area contributed by atoms with E-state index in [2.05, 4.69) is 20.5 Å². The third-order valence-electron chi connectivity index (χ3n) is 4.17. The molecule has 6 heteroatoms. The van der Waals surface area contributed by atoms with Gasteiger partial charge in [-0.15, -0.1) is 0 Å². The van der Waals surface area contributed by atoms with Gasteiger partial charge in [0.05, 0.1) is 12.2 Å². The van der Waals surface area contributed by atoms with Crippen LogP contribution in [0.25, 0.3) is 0 Å². The molecule has 3 N–H and O–H groups in total. The zero-order valence-electron chi connectivity index (χ0n) is 16.0. The van der Waals surface area contributed by atoms with Crippen LogP contribution in [0.4, 0.5) is 5.69 Å². The van der Waals surface area contributed by atoms with Crippen molar-refractivity contribution in [2.45, 2.75) is 19.1 Å². The van der Waals surface area contributed by atoms with Gasteiger partial charge in [0.25, 0.3) is 5.91 Å². The summed E-state index contributed by atoms with van der Waals surface area (Å²) in [7, 11) is 0. The Morgan fingerprint density at radius 2 is 1.38 bits per heavy atom. The molecule has 0 radical (unpaired) electrons. The molecule has 3 rings (SSSR count). The molecule has 0 aliphatic heterocycles. The Bertz CT molecular complexity index is 956. The van der Waals surface area contributed by atoms with E-state index in [0.29, 0.717) is 18.8 Å². The van der Waals surface area contributed by atoms with E-state index in [1.54, 1.807) is 12.1 Å². The van der Waals surface area contributed by atoms with Crippen molar-refractivity contribution in [2.75, 3.05) is 0 Å². The largest absolute Gasteiger partial charge is 0.385 e. The molecule has 29 heavy (non-hydrogen) atoms. The lowest BCUT2D eigenvalue weighted by Gasteiger charge is -2.12. The summed E-state index contributed by atoms with van der Waals surface area (Å²) in [5, 5.41) is 11.2. The lowest BCUT2D eigenvalue weighted by atomic mass is 10.2. The van der Waals surface area contributed by atoms with Gasteiger partial charge in [0, 0.05) is 6.54 Å². The van der Waals surface area contributed by atoms with Crippen LogP contribution in [0.15, 0.2) is 106 Å². The normalized spacial score (nSPS) is 12.6. The van der Waals surface area contributed by atoms with Crippen molar-refractivity contribution in [3.8, 4) is 0 Å². The van der Waals surface area contributed by atoms with Gasteiger partial charge in [0.15, 0.2) is 0 Å². The van der Waals surface area contributed by atoms with Crippen molar-refractivity contribution in [3.05, 3.63) is 102 Å². The summed E-state index contributed by atoms with van der Waals surface area (Å²) in [5.41, 5.74) is 8.76. The fraction of sp³-hybridized carbons (Fsp3) is 0.130. The molecule has 146 valence electrons. The van der Waals surface area contributed by atoms with E-state index < -0.39 is 6.04 Å². The number of carbonyl (C=O) groups is 1. The first-order valence-electron chi connectivity index (χ1n) is 9.33. The third kappa shape index (κ3) is 6.39. The first kappa shape index (κ1) is 19.9. The van der Waals surface area contributed by atoms with E-state index >= 15 is 0 Å². The molecule has 0 aliphatic rings. The van der Waals surface area contributed by atoms with Gasteiger partial charge in [0.1, 0.15) is 5.84 Å². The van der Waals surface area contributed by atoms with Crippen LogP contribution in [0.1, 0.15) is 11.1 Å². The summed E-state index contributed by atoms with van der Waals surface area (Å²) < 4.78 is 0. The lowest BCUT2D eigenvalue weighted by molar-refractivity contribution is -0.121. The van der Waals surface area contributed by atoms with E-state index in [4.69, 9.17) is 5.73 Å². The summed E-state index contributed by atoms with van der Waals surface area (Å²) in [4.78, 5) is 17.1. The van der Waals surface area contributed by atoms with Crippen LogP contribution in [-0.2, 0) is 17.9 Å². The standard InChI is InChI=1S/C23H23N5O/c24-22(25-16-18-10-4-1-5-11-18)21(28-27-20-14-8-3-9-15-20)23(29)26-17-19-12-6-2-7-13-19/h1-15,21H,16-17H2,(H2,24,25)(H,26,29)/b28-27+. The predicted octanol–water partition coefficient (Wildman–Crippen LogP) is 4.01. The van der Waals surface area contributed by atoms with Crippen LogP contribution in [0.3, 0.4) is 0 Å². The molecular weight excluding hydrogens is 362 g/mol. The Morgan fingerprint density at radius 3 is 2.00 bits per heavy atom. The number of rotatable bonds is 8. The quantitative estimate of drug-likeness (QED) is 0.348. The monoisotopic (exact) mass is 385 g/mol. The first-order valence-corrected chi connectivity index (χ1v) is 9.33. The summed E-state index contributed by atoms with van der Waals surface area (Å²) in [5.74, 6) is -0.220. The van der Waals surface area contributed by atoms with E-state index in [9.17, 15) is 4.79 Å². The zero-order chi connectivity index (χ0) is 20.3. The molecule has 0 aromatic heterocycles.